The van der Waals surface area contributed by atoms with E-state index in [1.165, 1.54) is 18.2 Å². The van der Waals surface area contributed by atoms with Crippen molar-refractivity contribution in [2.45, 2.75) is 12.1 Å². The number of nitrogen functional groups attached to an aromatic ring is 1. The summed E-state index contributed by atoms with van der Waals surface area (Å²) in [6.45, 7) is 4.06. The van der Waals surface area contributed by atoms with E-state index in [-0.39, 0.29) is 129 Å². The molecule has 0 fully saturated rings. The number of rotatable bonds is 35. The van der Waals surface area contributed by atoms with Crippen molar-refractivity contribution in [2.24, 2.45) is 0 Å². The van der Waals surface area contributed by atoms with Gasteiger partial charge in [0.15, 0.2) is 0 Å². The highest BCUT2D eigenvalue weighted by Crippen LogP contribution is 2.51. The second-order valence-corrected chi connectivity index (χ2v) is 16.8. The van der Waals surface area contributed by atoms with Crippen molar-refractivity contribution >= 4 is 78.1 Å². The third kappa shape index (κ3) is 11.8. The number of non-ortho nitro benzene ring substituents is 1. The van der Waals surface area contributed by atoms with Gasteiger partial charge in [0.05, 0.1) is 166 Å². The molecule has 2 aliphatic rings. The number of anilines is 1. The molecule has 2 aliphatic heterocycles. The van der Waals surface area contributed by atoms with Gasteiger partial charge in [0.2, 0.25) is 0 Å². The Labute approximate surface area is 415 Å². The molecule has 0 atom stereocenters. The van der Waals surface area contributed by atoms with E-state index in [2.05, 4.69) is 0 Å². The number of carbonyl (C=O) groups is 4. The molecular weight excluding hydrogens is 945 g/mol. The van der Waals surface area contributed by atoms with Crippen LogP contribution >= 0.6 is 0 Å². The number of imide groups is 2. The fraction of sp³-hybridized carbons (Fsp3) is 0.520. The van der Waals surface area contributed by atoms with E-state index in [1.807, 2.05) is 0 Å². The molecule has 0 aliphatic carbocycles. The Kier molecular flexibility index (Phi) is 19.9. The lowest BCUT2D eigenvalue weighted by atomic mass is 9.81. The van der Waals surface area contributed by atoms with E-state index in [1.54, 1.807) is 46.6 Å². The molecular formula is C50H62N4O18. The van der Waals surface area contributed by atoms with E-state index in [9.17, 15) is 29.3 Å². The molecule has 0 radical (unpaired) electrons. The van der Waals surface area contributed by atoms with Gasteiger partial charge < -0.3 is 62.6 Å². The lowest BCUT2D eigenvalue weighted by Crippen LogP contribution is -2.51. The Morgan fingerprint density at radius 2 is 0.750 bits per heavy atom. The first-order valence-corrected chi connectivity index (χ1v) is 23.6. The molecule has 5 aromatic rings. The highest BCUT2D eigenvalue weighted by molar-refractivity contribution is 6.44. The summed E-state index contributed by atoms with van der Waals surface area (Å²) in [7, 11) is 6.25. The van der Waals surface area contributed by atoms with Gasteiger partial charge >= 0.3 is 0 Å². The molecule has 0 spiro atoms. The van der Waals surface area contributed by atoms with E-state index in [4.69, 9.17) is 62.6 Å². The molecule has 0 saturated carbocycles. The predicted molar refractivity (Wildman–Crippen MR) is 261 cm³/mol. The van der Waals surface area contributed by atoms with Gasteiger partial charge in [-0.3, -0.25) is 39.1 Å². The smallest absolute Gasteiger partial charge is 0.278 e. The van der Waals surface area contributed by atoms with Crippen LogP contribution in [0, 0.1) is 10.1 Å². The molecule has 390 valence electrons. The summed E-state index contributed by atoms with van der Waals surface area (Å²) in [6.07, 6.45) is 0. The van der Waals surface area contributed by atoms with Gasteiger partial charge in [-0.25, -0.2) is 0 Å². The number of nitrogens with two attached hydrogens (primary N) is 1. The number of hydrogen-bond donors (Lipinski definition) is 1. The topological polar surface area (TPSA) is 255 Å². The zero-order valence-corrected chi connectivity index (χ0v) is 41.0. The number of hydrogen-bond acceptors (Lipinski definition) is 19. The number of fused-ring (bicyclic) bond motifs is 2. The van der Waals surface area contributed by atoms with Crippen LogP contribution in [0.4, 0.5) is 11.4 Å². The van der Waals surface area contributed by atoms with E-state index >= 15 is 0 Å². The second kappa shape index (κ2) is 26.4. The minimum atomic E-state index is -0.961. The number of benzene rings is 5. The van der Waals surface area contributed by atoms with Crippen molar-refractivity contribution in [3.63, 3.8) is 0 Å². The molecule has 2 N–H and O–H groups in total. The first-order chi connectivity index (χ1) is 35.1. The maximum absolute atomic E-state index is 14.8. The summed E-state index contributed by atoms with van der Waals surface area (Å²) >= 11 is 0. The summed E-state index contributed by atoms with van der Waals surface area (Å²) in [4.78, 5) is 73.8. The minimum Gasteiger partial charge on any atom is -0.398 e. The number of nitro groups is 1. The van der Waals surface area contributed by atoms with Crippen molar-refractivity contribution in [2.75, 3.05) is 166 Å². The Morgan fingerprint density at radius 1 is 0.431 bits per heavy atom. The molecule has 0 aromatic heterocycles. The van der Waals surface area contributed by atoms with Gasteiger partial charge in [0, 0.05) is 78.3 Å². The van der Waals surface area contributed by atoms with Gasteiger partial charge in [0.1, 0.15) is 0 Å². The van der Waals surface area contributed by atoms with Crippen LogP contribution in [0.25, 0.3) is 43.1 Å². The average molecular weight is 1010 g/mol. The number of ether oxygens (including phenoxy) is 12. The van der Waals surface area contributed by atoms with Crippen LogP contribution in [-0.4, -0.2) is 211 Å². The SMILES string of the molecule is COCCOCCOCC(COCCOCCOC)N1C(=O)c2ccc3c4c([N+](=O)[O-])cc5c6c(ccc(c7c(N)cc(c2c37)C1=O)c64)C(=O)N(C(COCCOCCOC)COCCOCCOC)C5=O. The van der Waals surface area contributed by atoms with Crippen LogP contribution in [0.3, 0.4) is 0 Å². The Bertz CT molecular complexity index is 2660. The van der Waals surface area contributed by atoms with Gasteiger partial charge in [-0.1, -0.05) is 12.1 Å². The van der Waals surface area contributed by atoms with Crippen LogP contribution in [0.5, 0.6) is 0 Å². The van der Waals surface area contributed by atoms with Crippen LogP contribution in [0.15, 0.2) is 36.4 Å². The summed E-state index contributed by atoms with van der Waals surface area (Å²) < 4.78 is 65.9. The third-order valence-corrected chi connectivity index (χ3v) is 12.3. The molecule has 5 aromatic carbocycles. The van der Waals surface area contributed by atoms with Crippen LogP contribution in [0.1, 0.15) is 41.4 Å². The van der Waals surface area contributed by atoms with Crippen molar-refractivity contribution in [1.82, 2.24) is 9.80 Å². The summed E-state index contributed by atoms with van der Waals surface area (Å²) in [5.41, 5.74) is 6.90. The first kappa shape index (κ1) is 54.2. The van der Waals surface area contributed by atoms with Crippen molar-refractivity contribution in [3.8, 4) is 0 Å². The molecule has 0 unspecified atom stereocenters. The van der Waals surface area contributed by atoms with Crippen molar-refractivity contribution < 1.29 is 80.9 Å². The number of nitrogens with zero attached hydrogens (tertiary/aromatic N) is 3. The third-order valence-electron chi connectivity index (χ3n) is 12.3. The standard InChI is InChI=1S/C50H62N4O18/c1-61-9-13-65-17-21-69-27-31(28-70-22-18-66-14-10-62-2)52-47(55)35-8-6-34-44-40(54(59)60)26-38-42-36(7-5-33(46(42)44)43-39(51)25-37(49(52)57)41(35)45(34)43)48(56)53(50(38)58)32(29-71-23-19-67-15-11-63-3)30-72-24-20-68-16-12-64-4/h5-8,25-26,31-32H,9-24,27-30,51H2,1-4H3. The lowest BCUT2D eigenvalue weighted by molar-refractivity contribution is -0.383. The fourth-order valence-corrected chi connectivity index (χ4v) is 9.04. The van der Waals surface area contributed by atoms with E-state index in [0.717, 1.165) is 9.80 Å². The Hall–Kier alpha value is -5.60. The number of amides is 4. The van der Waals surface area contributed by atoms with Crippen molar-refractivity contribution in [1.29, 1.82) is 0 Å². The first-order valence-electron chi connectivity index (χ1n) is 23.6. The fourth-order valence-electron chi connectivity index (χ4n) is 9.04. The van der Waals surface area contributed by atoms with Gasteiger partial charge in [-0.15, -0.1) is 0 Å². The lowest BCUT2D eigenvalue weighted by Gasteiger charge is -2.35. The van der Waals surface area contributed by atoms with Gasteiger partial charge in [-0.2, -0.15) is 0 Å². The molecule has 7 rings (SSSR count). The average Bonchev–Trinajstić information content (AvgIpc) is 3.37. The normalized spacial score (nSPS) is 13.9. The van der Waals surface area contributed by atoms with Crippen LogP contribution in [0.2, 0.25) is 0 Å². The number of carbonyl (C=O) groups excluding carboxylic acids is 4. The minimum absolute atomic E-state index is 0.0835. The number of methoxy groups -OCH3 is 4. The van der Waals surface area contributed by atoms with Crippen molar-refractivity contribution in [3.05, 3.63) is 68.8 Å². The molecule has 0 saturated heterocycles. The van der Waals surface area contributed by atoms with Gasteiger partial charge in [0.25, 0.3) is 29.3 Å². The highest BCUT2D eigenvalue weighted by Gasteiger charge is 2.43. The summed E-state index contributed by atoms with van der Waals surface area (Å²) in [5.74, 6) is -2.76. The summed E-state index contributed by atoms with van der Waals surface area (Å²) in [6, 6.07) is 7.09. The van der Waals surface area contributed by atoms with Gasteiger partial charge in [-0.05, 0) is 29.0 Å². The zero-order valence-electron chi connectivity index (χ0n) is 41.0. The monoisotopic (exact) mass is 1010 g/mol. The molecule has 22 nitrogen and oxygen atoms in total. The highest BCUT2D eigenvalue weighted by atomic mass is 16.6. The van der Waals surface area contributed by atoms with E-state index in [0.29, 0.717) is 74.4 Å². The quantitative estimate of drug-likeness (QED) is 0.0115. The Balaban J connectivity index is 1.26. The maximum Gasteiger partial charge on any atom is 0.278 e. The number of nitro benzene ring substituents is 1. The molecule has 72 heavy (non-hydrogen) atoms. The summed E-state index contributed by atoms with van der Waals surface area (Å²) in [5, 5.41) is 15.5. The molecule has 4 amide bonds. The van der Waals surface area contributed by atoms with Crippen LogP contribution in [-0.2, 0) is 56.8 Å². The largest absolute Gasteiger partial charge is 0.398 e. The molecule has 22 heteroatoms. The van der Waals surface area contributed by atoms with E-state index < -0.39 is 46.3 Å². The molecule has 0 bridgehead atoms. The maximum atomic E-state index is 14.8. The van der Waals surface area contributed by atoms with Crippen LogP contribution < -0.4 is 5.73 Å². The predicted octanol–water partition coefficient (Wildman–Crippen LogP) is 3.88. The second-order valence-electron chi connectivity index (χ2n) is 16.8. The zero-order chi connectivity index (χ0) is 51.1. The molecule has 2 heterocycles. The Morgan fingerprint density at radius 3 is 1.12 bits per heavy atom.